The lowest BCUT2D eigenvalue weighted by Crippen LogP contribution is -2.06. The lowest BCUT2D eigenvalue weighted by Gasteiger charge is -1.84. The molecule has 0 saturated carbocycles. The zero-order valence-corrected chi connectivity index (χ0v) is 5.71. The number of nitrogens with one attached hydrogen (secondary N) is 1. The maximum absolute atomic E-state index is 5.06. The van der Waals surface area contributed by atoms with Crippen LogP contribution >= 0.6 is 22.6 Å². The Morgan fingerprint density at radius 3 is 2.57 bits per heavy atom. The molecule has 0 saturated heterocycles. The number of nitrogens with zero attached hydrogens (tertiary/aromatic N) is 2. The second kappa shape index (κ2) is 3.85. The molecule has 40 valence electrons. The molecule has 0 aliphatic heterocycles. The third-order valence-electron chi connectivity index (χ3n) is 0.228. The Balaban J connectivity index is 3.25. The van der Waals surface area contributed by atoms with Gasteiger partial charge < -0.3 is 5.73 Å². The summed E-state index contributed by atoms with van der Waals surface area (Å²) in [4.78, 5) is 0. The van der Waals surface area contributed by atoms with Crippen LogP contribution in [-0.2, 0) is 0 Å². The van der Waals surface area contributed by atoms with Gasteiger partial charge in [-0.05, 0) is 0 Å². The first-order chi connectivity index (χ1) is 3.27. The van der Waals surface area contributed by atoms with Crippen molar-refractivity contribution in [2.45, 2.75) is 0 Å². The van der Waals surface area contributed by atoms with Crippen molar-refractivity contribution in [1.29, 1.82) is 0 Å². The Morgan fingerprint density at radius 1 is 1.86 bits per heavy atom. The van der Waals surface area contributed by atoms with Crippen molar-refractivity contribution in [1.82, 2.24) is 5.53 Å². The highest BCUT2D eigenvalue weighted by Crippen LogP contribution is 1.75. The normalized spacial score (nSPS) is 10.7. The summed E-state index contributed by atoms with van der Waals surface area (Å²) in [6.45, 7) is 3.11. The van der Waals surface area contributed by atoms with Crippen LogP contribution in [0.4, 0.5) is 0 Å². The predicted octanol–water partition coefficient (Wildman–Crippen LogP) is -0.144. The fourth-order valence-electron chi connectivity index (χ4n) is 0.0831. The van der Waals surface area contributed by atoms with E-state index in [1.54, 1.807) is 0 Å². The molecular weight excluding hydrogens is 207 g/mol. The van der Waals surface area contributed by atoms with Gasteiger partial charge in [-0.1, -0.05) is 0 Å². The van der Waals surface area contributed by atoms with E-state index in [2.05, 4.69) is 22.5 Å². The molecule has 4 nitrogen and oxygen atoms in total. The van der Waals surface area contributed by atoms with Crippen LogP contribution in [-0.4, -0.2) is 10.6 Å². The highest BCUT2D eigenvalue weighted by atomic mass is 127. The molecule has 0 spiro atoms. The van der Waals surface area contributed by atoms with Gasteiger partial charge in [0.2, 0.25) is 0 Å². The van der Waals surface area contributed by atoms with Gasteiger partial charge in [0.25, 0.3) is 0 Å². The average molecular weight is 212 g/mol. The quantitative estimate of drug-likeness (QED) is 0.220. The molecule has 0 rings (SSSR count). The summed E-state index contributed by atoms with van der Waals surface area (Å²) in [7, 11) is 0. The highest BCUT2D eigenvalue weighted by Gasteiger charge is 1.72. The third-order valence-corrected chi connectivity index (χ3v) is 0.469. The summed E-state index contributed by atoms with van der Waals surface area (Å²) < 4.78 is 0.407. The number of amidine groups is 1. The van der Waals surface area contributed by atoms with Gasteiger partial charge in [-0.15, -0.1) is 5.10 Å². The Labute approximate surface area is 55.0 Å². The number of hydrogen-bond donors (Lipinski definition) is 2. The first-order valence-electron chi connectivity index (χ1n) is 1.46. The van der Waals surface area contributed by atoms with E-state index in [-0.39, 0.29) is 0 Å². The van der Waals surface area contributed by atoms with Crippen molar-refractivity contribution in [3.8, 4) is 0 Å². The molecule has 0 heterocycles. The first kappa shape index (κ1) is 6.67. The number of hydrazone groups is 2. The second-order valence-electron chi connectivity index (χ2n) is 0.693. The Morgan fingerprint density at radius 2 is 2.43 bits per heavy atom. The minimum absolute atomic E-state index is 0.407. The van der Waals surface area contributed by atoms with E-state index >= 15 is 0 Å². The second-order valence-corrected chi connectivity index (χ2v) is 1.80. The highest BCUT2D eigenvalue weighted by molar-refractivity contribution is 14.1. The van der Waals surface area contributed by atoms with Crippen LogP contribution in [0.5, 0.6) is 0 Å². The van der Waals surface area contributed by atoms with Crippen molar-refractivity contribution in [3.63, 3.8) is 0 Å². The summed E-state index contributed by atoms with van der Waals surface area (Å²) in [5.74, 6) is 0. The van der Waals surface area contributed by atoms with Crippen LogP contribution in [0.1, 0.15) is 0 Å². The molecule has 0 radical (unpaired) electrons. The van der Waals surface area contributed by atoms with Crippen LogP contribution in [0.3, 0.4) is 0 Å². The molecule has 0 aliphatic rings. The minimum Gasteiger partial charge on any atom is -0.377 e. The average Bonchev–Trinajstić information content (AvgIpc) is 1.61. The summed E-state index contributed by atoms with van der Waals surface area (Å²) in [6, 6.07) is 0. The van der Waals surface area contributed by atoms with Gasteiger partial charge in [-0.25, -0.2) is 0 Å². The topological polar surface area (TPSA) is 62.8 Å². The molecule has 0 aromatic carbocycles. The van der Waals surface area contributed by atoms with Crippen LogP contribution < -0.4 is 11.3 Å². The zero-order chi connectivity index (χ0) is 5.70. The van der Waals surface area contributed by atoms with Gasteiger partial charge in [0, 0.05) is 29.3 Å². The maximum Gasteiger partial charge on any atom is 0.183 e. The van der Waals surface area contributed by atoms with Crippen LogP contribution in [0.2, 0.25) is 0 Å². The van der Waals surface area contributed by atoms with E-state index in [0.717, 1.165) is 0 Å². The number of halogens is 1. The van der Waals surface area contributed by atoms with Gasteiger partial charge in [-0.2, -0.15) is 10.6 Å². The molecule has 0 unspecified atom stereocenters. The third kappa shape index (κ3) is 5.67. The standard InChI is InChI=1S/C2H5IN4/c1-5-7-6-2(3)4/h7H,1H2,(H2,4,6). The van der Waals surface area contributed by atoms with Crippen molar-refractivity contribution < 1.29 is 0 Å². The van der Waals surface area contributed by atoms with E-state index in [9.17, 15) is 0 Å². The molecule has 0 bridgehead atoms. The monoisotopic (exact) mass is 212 g/mol. The maximum atomic E-state index is 5.06. The van der Waals surface area contributed by atoms with Crippen molar-refractivity contribution in [2.24, 2.45) is 15.9 Å². The fourth-order valence-corrected chi connectivity index (χ4v) is 0.191. The van der Waals surface area contributed by atoms with E-state index in [0.29, 0.717) is 3.84 Å². The lowest BCUT2D eigenvalue weighted by atomic mass is 11.4. The molecule has 3 N–H and O–H groups in total. The molecular formula is C2H5IN4. The molecule has 0 aromatic heterocycles. The van der Waals surface area contributed by atoms with E-state index < -0.39 is 0 Å². The molecule has 0 fully saturated rings. The van der Waals surface area contributed by atoms with Gasteiger partial charge in [0.15, 0.2) is 3.84 Å². The summed E-state index contributed by atoms with van der Waals surface area (Å²) in [6.07, 6.45) is 0. The summed E-state index contributed by atoms with van der Waals surface area (Å²) in [5.41, 5.74) is 7.28. The van der Waals surface area contributed by atoms with Crippen LogP contribution in [0.15, 0.2) is 10.2 Å². The van der Waals surface area contributed by atoms with Crippen LogP contribution in [0, 0.1) is 0 Å². The van der Waals surface area contributed by atoms with Gasteiger partial charge in [-0.3, -0.25) is 0 Å². The number of nitrogens with two attached hydrogens (primary N) is 1. The Bertz CT molecular complexity index is 83.7. The molecule has 0 amide bonds. The minimum atomic E-state index is 0.407. The molecule has 5 heteroatoms. The smallest absolute Gasteiger partial charge is 0.183 e. The summed E-state index contributed by atoms with van der Waals surface area (Å²) >= 11 is 1.84. The van der Waals surface area contributed by atoms with Crippen molar-refractivity contribution >= 4 is 33.2 Å². The predicted molar refractivity (Wildman–Crippen MR) is 38.3 cm³/mol. The molecule has 7 heavy (non-hydrogen) atoms. The van der Waals surface area contributed by atoms with Gasteiger partial charge >= 0.3 is 0 Å². The van der Waals surface area contributed by atoms with Gasteiger partial charge in [0.05, 0.1) is 0 Å². The molecule has 0 aliphatic carbocycles. The largest absolute Gasteiger partial charge is 0.377 e. The van der Waals surface area contributed by atoms with Crippen LogP contribution in [0.25, 0.3) is 0 Å². The fraction of sp³-hybridized carbons (Fsp3) is 0. The zero-order valence-electron chi connectivity index (χ0n) is 3.56. The molecule has 0 atom stereocenters. The lowest BCUT2D eigenvalue weighted by molar-refractivity contribution is 0.819. The Hall–Kier alpha value is -0.330. The van der Waals surface area contributed by atoms with Crippen molar-refractivity contribution in [2.75, 3.05) is 0 Å². The summed E-state index contributed by atoms with van der Waals surface area (Å²) in [5, 5.41) is 6.65. The SMILES string of the molecule is C=NN/N=C(\N)I. The number of hydrogen-bond acceptors (Lipinski definition) is 3. The first-order valence-corrected chi connectivity index (χ1v) is 2.54. The van der Waals surface area contributed by atoms with Crippen molar-refractivity contribution in [3.05, 3.63) is 0 Å². The Kier molecular flexibility index (Phi) is 3.67. The van der Waals surface area contributed by atoms with Gasteiger partial charge in [0.1, 0.15) is 0 Å². The molecule has 0 aromatic rings. The van der Waals surface area contributed by atoms with E-state index in [4.69, 9.17) is 5.73 Å². The van der Waals surface area contributed by atoms with E-state index in [1.165, 1.54) is 0 Å². The number of rotatable bonds is 2. The van der Waals surface area contributed by atoms with E-state index in [1.807, 2.05) is 22.6 Å².